The molecule has 1 heterocycles. The fourth-order valence-corrected chi connectivity index (χ4v) is 4.85. The Morgan fingerprint density at radius 3 is 2.55 bits per heavy atom. The number of rotatable bonds is 5. The molecule has 0 spiro atoms. The fourth-order valence-electron chi connectivity index (χ4n) is 4.85. The Morgan fingerprint density at radius 1 is 1.15 bits per heavy atom. The molecule has 3 aliphatic rings. The summed E-state index contributed by atoms with van der Waals surface area (Å²) in [5, 5.41) is 0. The number of likely N-dealkylation sites (N-methyl/N-ethyl adjacent to an activating group) is 1. The van der Waals surface area contributed by atoms with Crippen LogP contribution in [0.5, 0.6) is 0 Å². The van der Waals surface area contributed by atoms with E-state index in [9.17, 15) is 0 Å². The van der Waals surface area contributed by atoms with Gasteiger partial charge in [-0.2, -0.15) is 0 Å². The first-order valence-corrected chi connectivity index (χ1v) is 8.96. The summed E-state index contributed by atoms with van der Waals surface area (Å²) in [6.45, 7) is 8.19. The van der Waals surface area contributed by atoms with Gasteiger partial charge in [0.2, 0.25) is 0 Å². The summed E-state index contributed by atoms with van der Waals surface area (Å²) in [6.07, 6.45) is 9.79. The minimum atomic E-state index is 0.744. The monoisotopic (exact) mass is 279 g/mol. The van der Waals surface area contributed by atoms with Gasteiger partial charge in [0.05, 0.1) is 0 Å². The minimum absolute atomic E-state index is 0.744. The molecule has 116 valence electrons. The average Bonchev–Trinajstić information content (AvgIpc) is 3.24. The maximum absolute atomic E-state index is 6.06. The second kappa shape index (κ2) is 6.33. The zero-order valence-corrected chi connectivity index (χ0v) is 13.4. The molecule has 2 aliphatic carbocycles. The van der Waals surface area contributed by atoms with Crippen molar-refractivity contribution in [2.75, 3.05) is 19.6 Å². The molecule has 2 N–H and O–H groups in total. The maximum atomic E-state index is 6.06. The van der Waals surface area contributed by atoms with Crippen LogP contribution in [0.2, 0.25) is 0 Å². The Kier molecular flexibility index (Phi) is 4.68. The van der Waals surface area contributed by atoms with Gasteiger partial charge >= 0.3 is 0 Å². The average molecular weight is 279 g/mol. The topological polar surface area (TPSA) is 32.5 Å². The molecule has 0 aromatic carbocycles. The van der Waals surface area contributed by atoms with Crippen LogP contribution in [0.15, 0.2) is 0 Å². The lowest BCUT2D eigenvalue weighted by Gasteiger charge is -2.42. The Hall–Kier alpha value is -0.120. The van der Waals surface area contributed by atoms with Gasteiger partial charge in [0.15, 0.2) is 0 Å². The van der Waals surface area contributed by atoms with Crippen molar-refractivity contribution in [2.45, 2.75) is 83.0 Å². The van der Waals surface area contributed by atoms with Gasteiger partial charge in [0.25, 0.3) is 0 Å². The highest BCUT2D eigenvalue weighted by Crippen LogP contribution is 2.37. The van der Waals surface area contributed by atoms with Crippen molar-refractivity contribution in [3.05, 3.63) is 0 Å². The first-order chi connectivity index (χ1) is 9.74. The molecule has 4 atom stereocenters. The van der Waals surface area contributed by atoms with Crippen LogP contribution in [-0.4, -0.2) is 53.6 Å². The highest BCUT2D eigenvalue weighted by Gasteiger charge is 2.42. The number of likely N-dealkylation sites (tertiary alicyclic amines) is 1. The third-order valence-electron chi connectivity index (χ3n) is 6.05. The molecule has 0 aromatic rings. The molecule has 0 bridgehead atoms. The van der Waals surface area contributed by atoms with Gasteiger partial charge in [0.1, 0.15) is 0 Å². The molecule has 4 unspecified atom stereocenters. The summed E-state index contributed by atoms with van der Waals surface area (Å²) < 4.78 is 0. The quantitative estimate of drug-likeness (QED) is 0.839. The maximum Gasteiger partial charge on any atom is 0.0241 e. The second-order valence-electron chi connectivity index (χ2n) is 7.34. The lowest BCUT2D eigenvalue weighted by molar-refractivity contribution is 0.0723. The summed E-state index contributed by atoms with van der Waals surface area (Å²) in [6, 6.07) is 3.26. The van der Waals surface area contributed by atoms with Crippen LogP contribution in [-0.2, 0) is 0 Å². The molecule has 3 rings (SSSR count). The highest BCUT2D eigenvalue weighted by atomic mass is 15.3. The van der Waals surface area contributed by atoms with E-state index >= 15 is 0 Å². The van der Waals surface area contributed by atoms with Crippen LogP contribution in [0.25, 0.3) is 0 Å². The van der Waals surface area contributed by atoms with Crippen LogP contribution in [0.4, 0.5) is 0 Å². The van der Waals surface area contributed by atoms with E-state index in [1.807, 2.05) is 0 Å². The van der Waals surface area contributed by atoms with E-state index in [4.69, 9.17) is 5.73 Å². The van der Waals surface area contributed by atoms with E-state index in [0.717, 1.165) is 36.6 Å². The van der Waals surface area contributed by atoms with Crippen molar-refractivity contribution in [3.63, 3.8) is 0 Å². The van der Waals surface area contributed by atoms with Crippen molar-refractivity contribution < 1.29 is 0 Å². The van der Waals surface area contributed by atoms with Crippen molar-refractivity contribution in [1.29, 1.82) is 0 Å². The van der Waals surface area contributed by atoms with E-state index in [1.165, 1.54) is 58.0 Å². The lowest BCUT2D eigenvalue weighted by Crippen LogP contribution is -2.50. The Bertz CT molecular complexity index is 315. The smallest absolute Gasteiger partial charge is 0.0241 e. The predicted molar refractivity (Wildman–Crippen MR) is 84.8 cm³/mol. The zero-order chi connectivity index (χ0) is 14.1. The Balaban J connectivity index is 1.66. The van der Waals surface area contributed by atoms with Gasteiger partial charge in [-0.05, 0) is 58.0 Å². The van der Waals surface area contributed by atoms with Crippen LogP contribution >= 0.6 is 0 Å². The molecule has 1 aliphatic heterocycles. The van der Waals surface area contributed by atoms with E-state index in [1.54, 1.807) is 0 Å². The van der Waals surface area contributed by atoms with Gasteiger partial charge in [0, 0.05) is 30.7 Å². The van der Waals surface area contributed by atoms with Crippen molar-refractivity contribution >= 4 is 0 Å². The predicted octanol–water partition coefficient (Wildman–Crippen LogP) is 2.45. The zero-order valence-electron chi connectivity index (χ0n) is 13.4. The van der Waals surface area contributed by atoms with Crippen LogP contribution in [0.1, 0.15) is 58.8 Å². The van der Waals surface area contributed by atoms with Crippen molar-refractivity contribution in [2.24, 2.45) is 11.7 Å². The second-order valence-corrected chi connectivity index (χ2v) is 7.34. The largest absolute Gasteiger partial charge is 0.330 e. The SMILES string of the molecule is CCN(C1CC(C)N(C2CC2)C1)C1CCCCC1CN. The van der Waals surface area contributed by atoms with Gasteiger partial charge in [-0.3, -0.25) is 9.80 Å². The van der Waals surface area contributed by atoms with Crippen LogP contribution in [0.3, 0.4) is 0 Å². The molecule has 2 saturated carbocycles. The van der Waals surface area contributed by atoms with Gasteiger partial charge < -0.3 is 5.73 Å². The first-order valence-electron chi connectivity index (χ1n) is 8.96. The van der Waals surface area contributed by atoms with Crippen LogP contribution < -0.4 is 5.73 Å². The Labute approximate surface area is 124 Å². The number of nitrogens with zero attached hydrogens (tertiary/aromatic N) is 2. The van der Waals surface area contributed by atoms with Gasteiger partial charge in [-0.15, -0.1) is 0 Å². The van der Waals surface area contributed by atoms with E-state index < -0.39 is 0 Å². The standard InChI is InChI=1S/C17H33N3/c1-3-19(17-7-5-4-6-14(17)11-18)16-10-13(2)20(12-16)15-8-9-15/h13-17H,3-12,18H2,1-2H3. The third kappa shape index (κ3) is 2.90. The minimum Gasteiger partial charge on any atom is -0.330 e. The molecule has 3 nitrogen and oxygen atoms in total. The molecular formula is C17H33N3. The molecule has 0 aromatic heterocycles. The van der Waals surface area contributed by atoms with E-state index in [0.29, 0.717) is 0 Å². The van der Waals surface area contributed by atoms with Crippen molar-refractivity contribution in [1.82, 2.24) is 9.80 Å². The third-order valence-corrected chi connectivity index (χ3v) is 6.05. The molecule has 3 fully saturated rings. The summed E-state index contributed by atoms with van der Waals surface area (Å²) >= 11 is 0. The first kappa shape index (κ1) is 14.8. The number of nitrogens with two attached hydrogens (primary N) is 1. The summed E-state index contributed by atoms with van der Waals surface area (Å²) in [7, 11) is 0. The summed E-state index contributed by atoms with van der Waals surface area (Å²) in [5.74, 6) is 0.744. The molecule has 1 saturated heterocycles. The summed E-state index contributed by atoms with van der Waals surface area (Å²) in [4.78, 5) is 5.61. The summed E-state index contributed by atoms with van der Waals surface area (Å²) in [5.41, 5.74) is 6.06. The highest BCUT2D eigenvalue weighted by molar-refractivity contribution is 4.98. The van der Waals surface area contributed by atoms with Gasteiger partial charge in [-0.1, -0.05) is 19.8 Å². The van der Waals surface area contributed by atoms with Gasteiger partial charge in [-0.25, -0.2) is 0 Å². The normalized spacial score (nSPS) is 39.6. The number of hydrogen-bond donors (Lipinski definition) is 1. The van der Waals surface area contributed by atoms with Crippen molar-refractivity contribution in [3.8, 4) is 0 Å². The molecular weight excluding hydrogens is 246 g/mol. The Morgan fingerprint density at radius 2 is 1.90 bits per heavy atom. The number of hydrogen-bond acceptors (Lipinski definition) is 3. The molecule has 20 heavy (non-hydrogen) atoms. The fraction of sp³-hybridized carbons (Fsp3) is 1.00. The van der Waals surface area contributed by atoms with E-state index in [-0.39, 0.29) is 0 Å². The van der Waals surface area contributed by atoms with E-state index in [2.05, 4.69) is 23.6 Å². The molecule has 0 amide bonds. The molecule has 3 heteroatoms. The molecule has 0 radical (unpaired) electrons. The van der Waals surface area contributed by atoms with Crippen LogP contribution in [0, 0.1) is 5.92 Å². The lowest BCUT2D eigenvalue weighted by atomic mass is 9.82.